The lowest BCUT2D eigenvalue weighted by atomic mass is 9.64. The zero-order valence-corrected chi connectivity index (χ0v) is 22.1. The Morgan fingerprint density at radius 2 is 1.13 bits per heavy atom. The number of esters is 1. The molecule has 0 bridgehead atoms. The van der Waals surface area contributed by atoms with Crippen molar-refractivity contribution in [2.45, 2.75) is 52.4 Å². The van der Waals surface area contributed by atoms with Crippen molar-refractivity contribution in [3.63, 3.8) is 0 Å². The molecule has 7 unspecified atom stereocenters. The van der Waals surface area contributed by atoms with Crippen LogP contribution in [-0.2, 0) is 33.5 Å². The van der Waals surface area contributed by atoms with Crippen LogP contribution in [0.1, 0.15) is 57.9 Å². The van der Waals surface area contributed by atoms with Gasteiger partial charge in [-0.25, -0.2) is 0 Å². The molecule has 0 aliphatic heterocycles. The van der Waals surface area contributed by atoms with Gasteiger partial charge in [0.15, 0.2) is 0 Å². The van der Waals surface area contributed by atoms with Gasteiger partial charge in [0.2, 0.25) is 0 Å². The molecule has 39 heavy (non-hydrogen) atoms. The van der Waals surface area contributed by atoms with Crippen molar-refractivity contribution < 1.29 is 59.0 Å². The molecule has 7 atom stereocenters. The number of carboxylic acids is 5. The molecule has 0 amide bonds. The average Bonchev–Trinajstić information content (AvgIpc) is 2.86. The van der Waals surface area contributed by atoms with E-state index >= 15 is 0 Å². The number of benzene rings is 1. The van der Waals surface area contributed by atoms with Gasteiger partial charge < -0.3 is 30.3 Å². The van der Waals surface area contributed by atoms with Crippen molar-refractivity contribution in [1.82, 2.24) is 0 Å². The van der Waals surface area contributed by atoms with Crippen molar-refractivity contribution in [2.24, 2.45) is 35.5 Å². The Balaban J connectivity index is 3.88. The summed E-state index contributed by atoms with van der Waals surface area (Å²) in [6.45, 7) is 4.34. The Morgan fingerprint density at radius 1 is 0.667 bits per heavy atom. The number of carbonyl (C=O) groups is 6. The quantitative estimate of drug-likeness (QED) is 0.131. The molecule has 1 aromatic carbocycles. The lowest BCUT2D eigenvalue weighted by Crippen LogP contribution is -2.51. The number of hydrogen-bond donors (Lipinski definition) is 5. The number of rotatable bonds is 18. The first-order chi connectivity index (χ1) is 18.3. The first-order valence-corrected chi connectivity index (χ1v) is 12.7. The zero-order chi connectivity index (χ0) is 29.9. The highest BCUT2D eigenvalue weighted by Crippen LogP contribution is 2.43. The molecule has 0 fully saturated rings. The third kappa shape index (κ3) is 8.52. The first kappa shape index (κ1) is 33.1. The third-order valence-corrected chi connectivity index (χ3v) is 6.98. The second-order valence-corrected chi connectivity index (χ2v) is 9.41. The van der Waals surface area contributed by atoms with Gasteiger partial charge in [-0.05, 0) is 24.3 Å². The van der Waals surface area contributed by atoms with Crippen LogP contribution in [0.2, 0.25) is 0 Å². The fourth-order valence-electron chi connectivity index (χ4n) is 5.00. The van der Waals surface area contributed by atoms with Crippen LogP contribution in [0.15, 0.2) is 30.3 Å². The van der Waals surface area contributed by atoms with Gasteiger partial charge in [-0.2, -0.15) is 0 Å². The van der Waals surface area contributed by atoms with E-state index in [1.54, 1.807) is 37.3 Å². The second kappa shape index (κ2) is 15.5. The lowest BCUT2D eigenvalue weighted by Gasteiger charge is -2.36. The summed E-state index contributed by atoms with van der Waals surface area (Å²) in [5.41, 5.74) is 0.464. The minimum absolute atomic E-state index is 0.0887. The van der Waals surface area contributed by atoms with Crippen LogP contribution in [0.25, 0.3) is 0 Å². The van der Waals surface area contributed by atoms with Crippen LogP contribution in [0.3, 0.4) is 0 Å². The average molecular weight is 553 g/mol. The van der Waals surface area contributed by atoms with Crippen molar-refractivity contribution in [3.05, 3.63) is 35.9 Å². The molecular formula is C27H36O12. The summed E-state index contributed by atoms with van der Waals surface area (Å²) in [6, 6.07) is 8.12. The van der Waals surface area contributed by atoms with Gasteiger partial charge >= 0.3 is 35.8 Å². The Morgan fingerprint density at radius 3 is 1.54 bits per heavy atom. The van der Waals surface area contributed by atoms with Crippen LogP contribution in [0.4, 0.5) is 0 Å². The van der Waals surface area contributed by atoms with Gasteiger partial charge in [0.1, 0.15) is 0 Å². The number of carbonyl (C=O) groups excluding carboxylic acids is 1. The number of aliphatic carboxylic acids is 5. The molecule has 0 spiro atoms. The van der Waals surface area contributed by atoms with E-state index in [4.69, 9.17) is 4.74 Å². The normalized spacial score (nSPS) is 16.5. The van der Waals surface area contributed by atoms with Crippen LogP contribution < -0.4 is 0 Å². The third-order valence-electron chi connectivity index (χ3n) is 6.98. The summed E-state index contributed by atoms with van der Waals surface area (Å²) >= 11 is 0. The van der Waals surface area contributed by atoms with E-state index in [1.807, 2.05) is 6.92 Å². The Bertz CT molecular complexity index is 1020. The summed E-state index contributed by atoms with van der Waals surface area (Å²) in [5, 5.41) is 49.6. The van der Waals surface area contributed by atoms with Crippen molar-refractivity contribution in [3.8, 4) is 0 Å². The molecule has 0 saturated heterocycles. The Hall–Kier alpha value is -3.96. The highest BCUT2D eigenvalue weighted by molar-refractivity contribution is 5.92. The van der Waals surface area contributed by atoms with Gasteiger partial charge in [0.25, 0.3) is 0 Å². The predicted octanol–water partition coefficient (Wildman–Crippen LogP) is 3.05. The molecule has 0 heterocycles. The summed E-state index contributed by atoms with van der Waals surface area (Å²) < 4.78 is 5.35. The number of hydrogen-bond acceptors (Lipinski definition) is 7. The van der Waals surface area contributed by atoms with E-state index in [1.165, 1.54) is 0 Å². The SMILES string of the molecule is CCCCCOC(=O)C(C(CC)c1ccccc1)C(C(=O)O)C(C(=O)O)C(C(=O)O)C(C(=O)O)C(C)C(=O)O. The smallest absolute Gasteiger partial charge is 0.310 e. The zero-order valence-electron chi connectivity index (χ0n) is 22.1. The van der Waals surface area contributed by atoms with Gasteiger partial charge in [-0.3, -0.25) is 28.8 Å². The second-order valence-electron chi connectivity index (χ2n) is 9.41. The van der Waals surface area contributed by atoms with Gasteiger partial charge in [0, 0.05) is 0 Å². The topological polar surface area (TPSA) is 213 Å². The van der Waals surface area contributed by atoms with Crippen molar-refractivity contribution >= 4 is 35.8 Å². The molecule has 1 aromatic rings. The molecule has 0 saturated carbocycles. The highest BCUT2D eigenvalue weighted by Gasteiger charge is 2.56. The number of ether oxygens (including phenoxy) is 1. The van der Waals surface area contributed by atoms with Crippen molar-refractivity contribution in [2.75, 3.05) is 6.61 Å². The monoisotopic (exact) mass is 552 g/mol. The standard InChI is InChI=1S/C27H36O12/c1-4-6-10-13-39-27(38)18(16(5-2)15-11-8-7-9-12-15)20(25(34)35)21(26(36)37)19(24(32)33)17(23(30)31)14(3)22(28)29/h7-9,11-12,14,16-21H,4-6,10,13H2,1-3H3,(H,28,29)(H,30,31)(H,32,33)(H,34,35)(H,36,37). The minimum Gasteiger partial charge on any atom is -0.481 e. The largest absolute Gasteiger partial charge is 0.481 e. The maximum absolute atomic E-state index is 13.5. The van der Waals surface area contributed by atoms with E-state index in [-0.39, 0.29) is 13.0 Å². The van der Waals surface area contributed by atoms with E-state index < -0.39 is 77.2 Å². The molecule has 12 nitrogen and oxygen atoms in total. The summed E-state index contributed by atoms with van der Waals surface area (Å²) in [5.74, 6) is -24.7. The molecule has 5 N–H and O–H groups in total. The molecule has 0 aromatic heterocycles. The van der Waals surface area contributed by atoms with E-state index in [2.05, 4.69) is 0 Å². The highest BCUT2D eigenvalue weighted by atomic mass is 16.5. The minimum atomic E-state index is -2.50. The molecular weight excluding hydrogens is 516 g/mol. The number of unbranched alkanes of at least 4 members (excludes halogenated alkanes) is 2. The Kier molecular flexibility index (Phi) is 13.1. The van der Waals surface area contributed by atoms with Crippen LogP contribution in [0.5, 0.6) is 0 Å². The van der Waals surface area contributed by atoms with E-state index in [0.29, 0.717) is 18.4 Å². The first-order valence-electron chi connectivity index (χ1n) is 12.7. The van der Waals surface area contributed by atoms with Gasteiger partial charge in [-0.1, -0.05) is 63.9 Å². The summed E-state index contributed by atoms with van der Waals surface area (Å²) in [4.78, 5) is 74.8. The van der Waals surface area contributed by atoms with Crippen LogP contribution in [0, 0.1) is 35.5 Å². The predicted molar refractivity (Wildman–Crippen MR) is 135 cm³/mol. The van der Waals surface area contributed by atoms with Crippen LogP contribution >= 0.6 is 0 Å². The lowest BCUT2D eigenvalue weighted by molar-refractivity contribution is -0.177. The molecule has 0 aliphatic carbocycles. The fourth-order valence-corrected chi connectivity index (χ4v) is 5.00. The molecule has 1 rings (SSSR count). The van der Waals surface area contributed by atoms with Gasteiger partial charge in [0.05, 0.1) is 42.1 Å². The molecule has 0 radical (unpaired) electrons. The van der Waals surface area contributed by atoms with Gasteiger partial charge in [-0.15, -0.1) is 0 Å². The molecule has 0 aliphatic rings. The summed E-state index contributed by atoms with van der Waals surface area (Å²) in [7, 11) is 0. The molecule has 12 heteroatoms. The fraction of sp³-hybridized carbons (Fsp3) is 0.556. The van der Waals surface area contributed by atoms with Crippen LogP contribution in [-0.4, -0.2) is 68.0 Å². The summed E-state index contributed by atoms with van der Waals surface area (Å²) in [6.07, 6.45) is 2.06. The molecule has 216 valence electrons. The maximum Gasteiger partial charge on any atom is 0.310 e. The van der Waals surface area contributed by atoms with Crippen molar-refractivity contribution in [1.29, 1.82) is 0 Å². The Labute approximate surface area is 225 Å². The van der Waals surface area contributed by atoms with E-state index in [9.17, 15) is 54.3 Å². The van der Waals surface area contributed by atoms with E-state index in [0.717, 1.165) is 13.3 Å². The maximum atomic E-state index is 13.5. The number of carboxylic acid groups (broad SMARTS) is 5.